The molecule has 1 N–H and O–H groups in total. The average Bonchev–Trinajstić information content (AvgIpc) is 3.26. The van der Waals surface area contributed by atoms with E-state index in [1.807, 2.05) is 17.5 Å². The molecule has 0 bridgehead atoms. The van der Waals surface area contributed by atoms with Crippen molar-refractivity contribution in [1.82, 2.24) is 10.2 Å². The SMILES string of the molecule is CC(C)CC1C(=O)NC(c2cccs2)CN1C(=O)[C@@H]1CC1c1ccc(F)cc1. The monoisotopic (exact) mass is 400 g/mol. The summed E-state index contributed by atoms with van der Waals surface area (Å²) in [7, 11) is 0. The van der Waals surface area contributed by atoms with Crippen molar-refractivity contribution in [2.24, 2.45) is 11.8 Å². The molecule has 1 saturated heterocycles. The van der Waals surface area contributed by atoms with E-state index in [9.17, 15) is 14.0 Å². The van der Waals surface area contributed by atoms with Gasteiger partial charge in [0, 0.05) is 17.3 Å². The summed E-state index contributed by atoms with van der Waals surface area (Å²) in [5.74, 6) is 0.0437. The van der Waals surface area contributed by atoms with Crippen LogP contribution in [0.4, 0.5) is 4.39 Å². The fourth-order valence-electron chi connectivity index (χ4n) is 4.11. The molecule has 3 unspecified atom stereocenters. The average molecular weight is 401 g/mol. The number of thiophene rings is 1. The van der Waals surface area contributed by atoms with Gasteiger partial charge in [0.25, 0.3) is 0 Å². The second-order valence-electron chi connectivity index (χ2n) is 8.21. The summed E-state index contributed by atoms with van der Waals surface area (Å²) in [5, 5.41) is 5.09. The van der Waals surface area contributed by atoms with Crippen LogP contribution in [-0.2, 0) is 9.59 Å². The van der Waals surface area contributed by atoms with Crippen LogP contribution < -0.4 is 5.32 Å². The number of benzene rings is 1. The molecule has 0 radical (unpaired) electrons. The Labute approximate surface area is 168 Å². The van der Waals surface area contributed by atoms with Gasteiger partial charge in [-0.1, -0.05) is 32.0 Å². The van der Waals surface area contributed by atoms with Crippen LogP contribution in [0.1, 0.15) is 49.1 Å². The van der Waals surface area contributed by atoms with E-state index in [0.717, 1.165) is 16.9 Å². The number of rotatable bonds is 5. The Kier molecular flexibility index (Phi) is 5.23. The first kappa shape index (κ1) is 19.1. The maximum atomic E-state index is 13.3. The Balaban J connectivity index is 1.53. The van der Waals surface area contributed by atoms with Crippen LogP contribution in [0.5, 0.6) is 0 Å². The maximum Gasteiger partial charge on any atom is 0.243 e. The van der Waals surface area contributed by atoms with Gasteiger partial charge in [-0.2, -0.15) is 0 Å². The summed E-state index contributed by atoms with van der Waals surface area (Å²) in [6.45, 7) is 4.65. The number of carbonyl (C=O) groups excluding carboxylic acids is 2. The lowest BCUT2D eigenvalue weighted by atomic mass is 9.97. The van der Waals surface area contributed by atoms with E-state index in [4.69, 9.17) is 0 Å². The van der Waals surface area contributed by atoms with Gasteiger partial charge in [0.2, 0.25) is 11.8 Å². The topological polar surface area (TPSA) is 49.4 Å². The Morgan fingerprint density at radius 1 is 1.29 bits per heavy atom. The molecule has 28 heavy (non-hydrogen) atoms. The quantitative estimate of drug-likeness (QED) is 0.821. The highest BCUT2D eigenvalue weighted by atomic mass is 32.1. The zero-order valence-electron chi connectivity index (χ0n) is 16.1. The highest BCUT2D eigenvalue weighted by molar-refractivity contribution is 7.10. The van der Waals surface area contributed by atoms with E-state index in [0.29, 0.717) is 18.9 Å². The van der Waals surface area contributed by atoms with Crippen LogP contribution in [0.3, 0.4) is 0 Å². The fourth-order valence-corrected chi connectivity index (χ4v) is 4.88. The first-order chi connectivity index (χ1) is 13.4. The lowest BCUT2D eigenvalue weighted by Gasteiger charge is -2.40. The van der Waals surface area contributed by atoms with Crippen molar-refractivity contribution in [3.8, 4) is 0 Å². The van der Waals surface area contributed by atoms with Gasteiger partial charge in [-0.05, 0) is 53.8 Å². The van der Waals surface area contributed by atoms with Gasteiger partial charge in [0.1, 0.15) is 11.9 Å². The van der Waals surface area contributed by atoms with Crippen molar-refractivity contribution in [2.75, 3.05) is 6.54 Å². The standard InChI is InChI=1S/C22H25FN2O2S/c1-13(2)10-19-21(26)24-18(20-4-3-9-28-20)12-25(19)22(27)17-11-16(17)14-5-7-15(23)8-6-14/h3-9,13,16-19H,10-12H2,1-2H3,(H,24,26)/t16?,17-,18?,19?/m1/s1. The van der Waals surface area contributed by atoms with Gasteiger partial charge < -0.3 is 10.2 Å². The molecule has 2 heterocycles. The molecule has 148 valence electrons. The van der Waals surface area contributed by atoms with Crippen molar-refractivity contribution >= 4 is 23.2 Å². The van der Waals surface area contributed by atoms with Gasteiger partial charge in [-0.25, -0.2) is 4.39 Å². The molecule has 2 aliphatic rings. The van der Waals surface area contributed by atoms with Crippen LogP contribution in [0, 0.1) is 17.7 Å². The Morgan fingerprint density at radius 2 is 2.04 bits per heavy atom. The molecule has 0 spiro atoms. The molecule has 1 aromatic carbocycles. The number of nitrogens with one attached hydrogen (secondary N) is 1. The minimum Gasteiger partial charge on any atom is -0.345 e. The zero-order valence-corrected chi connectivity index (χ0v) is 16.9. The molecular weight excluding hydrogens is 375 g/mol. The molecule has 6 heteroatoms. The summed E-state index contributed by atoms with van der Waals surface area (Å²) in [6.07, 6.45) is 1.42. The Bertz CT molecular complexity index is 850. The number of amides is 2. The van der Waals surface area contributed by atoms with Crippen molar-refractivity contribution in [1.29, 1.82) is 0 Å². The van der Waals surface area contributed by atoms with Gasteiger partial charge in [0.15, 0.2) is 0 Å². The Morgan fingerprint density at radius 3 is 2.68 bits per heavy atom. The minimum absolute atomic E-state index is 0.0522. The molecule has 4 nitrogen and oxygen atoms in total. The number of piperazine rings is 1. The van der Waals surface area contributed by atoms with E-state index < -0.39 is 6.04 Å². The van der Waals surface area contributed by atoms with Gasteiger partial charge >= 0.3 is 0 Å². The number of hydrogen-bond acceptors (Lipinski definition) is 3. The highest BCUT2D eigenvalue weighted by Crippen LogP contribution is 2.49. The van der Waals surface area contributed by atoms with E-state index >= 15 is 0 Å². The number of carbonyl (C=O) groups is 2. The molecule has 2 fully saturated rings. The first-order valence-corrected chi connectivity index (χ1v) is 10.7. The van der Waals surface area contributed by atoms with Crippen molar-refractivity contribution in [2.45, 2.75) is 44.7 Å². The summed E-state index contributed by atoms with van der Waals surface area (Å²) >= 11 is 1.59. The molecule has 1 aliphatic heterocycles. The molecule has 4 rings (SSSR count). The lowest BCUT2D eigenvalue weighted by molar-refractivity contribution is -0.146. The first-order valence-electron chi connectivity index (χ1n) is 9.83. The van der Waals surface area contributed by atoms with Crippen LogP contribution in [0.2, 0.25) is 0 Å². The third kappa shape index (κ3) is 3.83. The third-order valence-electron chi connectivity index (χ3n) is 5.64. The second-order valence-corrected chi connectivity index (χ2v) is 9.19. The molecule has 4 atom stereocenters. The molecule has 2 aromatic rings. The maximum absolute atomic E-state index is 13.3. The van der Waals surface area contributed by atoms with Crippen LogP contribution in [-0.4, -0.2) is 29.3 Å². The zero-order chi connectivity index (χ0) is 19.8. The summed E-state index contributed by atoms with van der Waals surface area (Å²) in [5.41, 5.74) is 0.997. The van der Waals surface area contributed by atoms with Crippen LogP contribution in [0.15, 0.2) is 41.8 Å². The van der Waals surface area contributed by atoms with Gasteiger partial charge in [-0.3, -0.25) is 9.59 Å². The molecular formula is C22H25FN2O2S. The molecule has 1 aliphatic carbocycles. The highest BCUT2D eigenvalue weighted by Gasteiger charge is 2.49. The van der Waals surface area contributed by atoms with E-state index in [-0.39, 0.29) is 35.5 Å². The normalized spacial score (nSPS) is 27.0. The Hall–Kier alpha value is -2.21. The smallest absolute Gasteiger partial charge is 0.243 e. The largest absolute Gasteiger partial charge is 0.345 e. The fraction of sp³-hybridized carbons (Fsp3) is 0.455. The summed E-state index contributed by atoms with van der Waals surface area (Å²) < 4.78 is 13.2. The molecule has 1 saturated carbocycles. The molecule has 1 aromatic heterocycles. The molecule has 2 amide bonds. The third-order valence-corrected chi connectivity index (χ3v) is 6.63. The van der Waals surface area contributed by atoms with Crippen molar-refractivity contribution < 1.29 is 14.0 Å². The predicted octanol–water partition coefficient (Wildman–Crippen LogP) is 4.11. The number of hydrogen-bond donors (Lipinski definition) is 1. The van der Waals surface area contributed by atoms with E-state index in [1.54, 1.807) is 28.4 Å². The lowest BCUT2D eigenvalue weighted by Crippen LogP contribution is -2.59. The van der Waals surface area contributed by atoms with Crippen LogP contribution in [0.25, 0.3) is 0 Å². The number of nitrogens with zero attached hydrogens (tertiary/aromatic N) is 1. The van der Waals surface area contributed by atoms with Gasteiger partial charge in [-0.15, -0.1) is 11.3 Å². The van der Waals surface area contributed by atoms with Crippen molar-refractivity contribution in [3.63, 3.8) is 0 Å². The van der Waals surface area contributed by atoms with E-state index in [1.165, 1.54) is 12.1 Å². The minimum atomic E-state index is -0.418. The van der Waals surface area contributed by atoms with E-state index in [2.05, 4.69) is 19.2 Å². The van der Waals surface area contributed by atoms with Crippen molar-refractivity contribution in [3.05, 3.63) is 58.0 Å². The predicted molar refractivity (Wildman–Crippen MR) is 107 cm³/mol. The number of halogens is 1. The second kappa shape index (κ2) is 7.66. The summed E-state index contributed by atoms with van der Waals surface area (Å²) in [4.78, 5) is 29.1. The van der Waals surface area contributed by atoms with Crippen LogP contribution >= 0.6 is 11.3 Å². The summed E-state index contributed by atoms with van der Waals surface area (Å²) in [6, 6.07) is 9.80. The van der Waals surface area contributed by atoms with Gasteiger partial charge in [0.05, 0.1) is 6.04 Å².